The zero-order valence-corrected chi connectivity index (χ0v) is 14.6. The molecule has 4 aliphatic rings. The minimum atomic E-state index is -0.597. The number of likely N-dealkylation sites (tertiary alicyclic amines) is 1. The summed E-state index contributed by atoms with van der Waals surface area (Å²) in [6.07, 6.45) is 11.7. The SMILES string of the molecule is O=C(NCc1cccnc1)C1C2C=CC3(CN(C4CCCC4)C(=O)C13)O2. The highest BCUT2D eigenvalue weighted by molar-refractivity contribution is 5.93. The average Bonchev–Trinajstić information content (AvgIpc) is 3.42. The maximum absolute atomic E-state index is 13.2. The first-order valence-electron chi connectivity index (χ1n) is 9.52. The van der Waals surface area contributed by atoms with Crippen molar-refractivity contribution in [2.24, 2.45) is 11.8 Å². The van der Waals surface area contributed by atoms with Crippen LogP contribution < -0.4 is 5.32 Å². The lowest BCUT2D eigenvalue weighted by Gasteiger charge is -2.27. The van der Waals surface area contributed by atoms with Crippen LogP contribution >= 0.6 is 0 Å². The third-order valence-corrected chi connectivity index (χ3v) is 6.39. The first-order valence-corrected chi connectivity index (χ1v) is 9.52. The van der Waals surface area contributed by atoms with Gasteiger partial charge in [-0.05, 0) is 24.5 Å². The van der Waals surface area contributed by atoms with E-state index in [1.807, 2.05) is 29.2 Å². The van der Waals surface area contributed by atoms with Gasteiger partial charge in [0.15, 0.2) is 0 Å². The number of amides is 2. The molecule has 5 rings (SSSR count). The molecule has 2 bridgehead atoms. The third kappa shape index (κ3) is 2.31. The summed E-state index contributed by atoms with van der Waals surface area (Å²) in [5, 5.41) is 2.98. The summed E-state index contributed by atoms with van der Waals surface area (Å²) in [6, 6.07) is 4.09. The molecule has 0 aromatic carbocycles. The number of carbonyl (C=O) groups is 2. The second kappa shape index (κ2) is 5.91. The fraction of sp³-hybridized carbons (Fsp3) is 0.550. The summed E-state index contributed by atoms with van der Waals surface area (Å²) in [5.41, 5.74) is 0.348. The lowest BCUT2D eigenvalue weighted by atomic mass is 9.77. The van der Waals surface area contributed by atoms with Crippen LogP contribution in [-0.2, 0) is 20.9 Å². The highest BCUT2D eigenvalue weighted by Gasteiger charge is 2.67. The summed E-state index contributed by atoms with van der Waals surface area (Å²) < 4.78 is 6.18. The Morgan fingerprint density at radius 1 is 1.38 bits per heavy atom. The van der Waals surface area contributed by atoms with Gasteiger partial charge in [0.2, 0.25) is 11.8 Å². The predicted octanol–water partition coefficient (Wildman–Crippen LogP) is 1.42. The number of nitrogens with zero attached hydrogens (tertiary/aromatic N) is 2. The van der Waals surface area contributed by atoms with Gasteiger partial charge in [-0.25, -0.2) is 0 Å². The second-order valence-electron chi connectivity index (χ2n) is 7.88. The first-order chi connectivity index (χ1) is 12.7. The minimum Gasteiger partial charge on any atom is -0.360 e. The number of carbonyl (C=O) groups excluding carboxylic acids is 2. The van der Waals surface area contributed by atoms with Crippen LogP contribution in [0, 0.1) is 11.8 Å². The fourth-order valence-corrected chi connectivity index (χ4v) is 5.16. The normalized spacial score (nSPS) is 35.3. The van der Waals surface area contributed by atoms with Gasteiger partial charge in [0, 0.05) is 25.0 Å². The summed E-state index contributed by atoms with van der Waals surface area (Å²) >= 11 is 0. The Kier molecular flexibility index (Phi) is 3.64. The molecule has 0 radical (unpaired) electrons. The van der Waals surface area contributed by atoms with E-state index in [2.05, 4.69) is 10.3 Å². The minimum absolute atomic E-state index is 0.100. The van der Waals surface area contributed by atoms with Crippen molar-refractivity contribution in [3.8, 4) is 0 Å². The molecular formula is C20H23N3O3. The Balaban J connectivity index is 1.34. The topological polar surface area (TPSA) is 71.5 Å². The van der Waals surface area contributed by atoms with Crippen LogP contribution in [0.3, 0.4) is 0 Å². The molecule has 1 spiro atoms. The van der Waals surface area contributed by atoms with Gasteiger partial charge in [0.1, 0.15) is 5.60 Å². The van der Waals surface area contributed by atoms with Crippen LogP contribution in [0.5, 0.6) is 0 Å². The molecule has 1 saturated carbocycles. The Bertz CT molecular complexity index is 759. The predicted molar refractivity (Wildman–Crippen MR) is 93.8 cm³/mol. The van der Waals surface area contributed by atoms with Crippen LogP contribution in [0.25, 0.3) is 0 Å². The summed E-state index contributed by atoms with van der Waals surface area (Å²) in [4.78, 5) is 32.1. The van der Waals surface area contributed by atoms with Gasteiger partial charge >= 0.3 is 0 Å². The molecule has 136 valence electrons. The van der Waals surface area contributed by atoms with E-state index in [9.17, 15) is 9.59 Å². The number of fused-ring (bicyclic) bond motifs is 1. The van der Waals surface area contributed by atoms with Crippen molar-refractivity contribution >= 4 is 11.8 Å². The highest BCUT2D eigenvalue weighted by Crippen LogP contribution is 2.52. The largest absolute Gasteiger partial charge is 0.360 e. The fourth-order valence-electron chi connectivity index (χ4n) is 5.16. The molecule has 6 heteroatoms. The molecule has 4 heterocycles. The van der Waals surface area contributed by atoms with Gasteiger partial charge in [-0.3, -0.25) is 14.6 Å². The molecule has 4 unspecified atom stereocenters. The van der Waals surface area contributed by atoms with Crippen molar-refractivity contribution in [3.63, 3.8) is 0 Å². The Morgan fingerprint density at radius 2 is 2.23 bits per heavy atom. The lowest BCUT2D eigenvalue weighted by Crippen LogP contribution is -2.44. The molecule has 4 atom stereocenters. The summed E-state index contributed by atoms with van der Waals surface area (Å²) in [7, 11) is 0. The van der Waals surface area contributed by atoms with E-state index in [0.717, 1.165) is 18.4 Å². The van der Waals surface area contributed by atoms with E-state index in [4.69, 9.17) is 4.74 Å². The number of hydrogen-bond acceptors (Lipinski definition) is 4. The maximum Gasteiger partial charge on any atom is 0.230 e. The van der Waals surface area contributed by atoms with E-state index in [1.54, 1.807) is 12.4 Å². The van der Waals surface area contributed by atoms with Gasteiger partial charge < -0.3 is 15.0 Å². The van der Waals surface area contributed by atoms with Crippen molar-refractivity contribution in [3.05, 3.63) is 42.2 Å². The molecular weight excluding hydrogens is 330 g/mol. The van der Waals surface area contributed by atoms with Crippen LogP contribution in [-0.4, -0.2) is 46.0 Å². The Morgan fingerprint density at radius 3 is 3.00 bits per heavy atom. The molecule has 1 aromatic rings. The molecule has 6 nitrogen and oxygen atoms in total. The monoisotopic (exact) mass is 353 g/mol. The lowest BCUT2D eigenvalue weighted by molar-refractivity contribution is -0.138. The van der Waals surface area contributed by atoms with Gasteiger partial charge in [0.05, 0.1) is 24.5 Å². The van der Waals surface area contributed by atoms with Gasteiger partial charge in [0.25, 0.3) is 0 Å². The number of nitrogens with one attached hydrogen (secondary N) is 1. The number of pyridine rings is 1. The van der Waals surface area contributed by atoms with Gasteiger partial charge in [-0.1, -0.05) is 31.1 Å². The van der Waals surface area contributed by atoms with Crippen LogP contribution in [0.4, 0.5) is 0 Å². The third-order valence-electron chi connectivity index (χ3n) is 6.39. The number of rotatable bonds is 4. The van der Waals surface area contributed by atoms with Crippen molar-refractivity contribution in [2.75, 3.05) is 6.54 Å². The quantitative estimate of drug-likeness (QED) is 0.831. The average molecular weight is 353 g/mol. The molecule has 1 aliphatic carbocycles. The second-order valence-corrected chi connectivity index (χ2v) is 7.88. The summed E-state index contributed by atoms with van der Waals surface area (Å²) in [6.45, 7) is 1.01. The van der Waals surface area contributed by atoms with Crippen molar-refractivity contribution < 1.29 is 14.3 Å². The highest BCUT2D eigenvalue weighted by atomic mass is 16.5. The van der Waals surface area contributed by atoms with E-state index in [0.29, 0.717) is 19.1 Å². The Labute approximate surface area is 152 Å². The molecule has 3 aliphatic heterocycles. The van der Waals surface area contributed by atoms with Crippen LogP contribution in [0.15, 0.2) is 36.7 Å². The molecule has 2 saturated heterocycles. The first kappa shape index (κ1) is 16.0. The molecule has 26 heavy (non-hydrogen) atoms. The zero-order chi connectivity index (χ0) is 17.7. The molecule has 1 N–H and O–H groups in total. The zero-order valence-electron chi connectivity index (χ0n) is 14.6. The molecule has 3 fully saturated rings. The Hall–Kier alpha value is -2.21. The van der Waals surface area contributed by atoms with Crippen LogP contribution in [0.1, 0.15) is 31.2 Å². The molecule has 2 amide bonds. The van der Waals surface area contributed by atoms with E-state index < -0.39 is 11.5 Å². The van der Waals surface area contributed by atoms with Gasteiger partial charge in [-0.15, -0.1) is 0 Å². The van der Waals surface area contributed by atoms with Crippen LogP contribution in [0.2, 0.25) is 0 Å². The van der Waals surface area contributed by atoms with Crippen molar-refractivity contribution in [1.82, 2.24) is 15.2 Å². The van der Waals surface area contributed by atoms with E-state index in [-0.39, 0.29) is 23.8 Å². The number of aromatic nitrogens is 1. The summed E-state index contributed by atoms with van der Waals surface area (Å²) in [5.74, 6) is -0.815. The van der Waals surface area contributed by atoms with E-state index in [1.165, 1.54) is 12.8 Å². The standard InChI is InChI=1S/C20H23N3O3/c24-18(22-11-13-4-3-9-21-10-13)16-15-7-8-20(26-15)12-23(19(25)17(16)20)14-5-1-2-6-14/h3-4,7-10,14-17H,1-2,5-6,11-12H2,(H,22,24). The number of hydrogen-bond donors (Lipinski definition) is 1. The van der Waals surface area contributed by atoms with Crippen molar-refractivity contribution in [2.45, 2.75) is 50.0 Å². The number of ether oxygens (including phenoxy) is 1. The maximum atomic E-state index is 13.2. The van der Waals surface area contributed by atoms with Crippen molar-refractivity contribution in [1.29, 1.82) is 0 Å². The van der Waals surface area contributed by atoms with Gasteiger partial charge in [-0.2, -0.15) is 0 Å². The molecule has 1 aromatic heterocycles. The van der Waals surface area contributed by atoms with E-state index >= 15 is 0 Å². The smallest absolute Gasteiger partial charge is 0.230 e.